The van der Waals surface area contributed by atoms with Crippen molar-refractivity contribution in [3.05, 3.63) is 17.8 Å². The van der Waals surface area contributed by atoms with Gasteiger partial charge >= 0.3 is 0 Å². The van der Waals surface area contributed by atoms with Crippen LogP contribution < -0.4 is 11.1 Å². The van der Waals surface area contributed by atoms with Crippen molar-refractivity contribution in [1.82, 2.24) is 10.3 Å². The van der Waals surface area contributed by atoms with Gasteiger partial charge in [0, 0.05) is 6.04 Å². The topological polar surface area (TPSA) is 81.1 Å². The molecule has 5 nitrogen and oxygen atoms in total. The van der Waals surface area contributed by atoms with E-state index < -0.39 is 0 Å². The van der Waals surface area contributed by atoms with Crippen molar-refractivity contribution in [2.75, 3.05) is 0 Å². The number of carbonyl (C=O) groups is 1. The van der Waals surface area contributed by atoms with E-state index in [2.05, 4.69) is 17.2 Å². The maximum atomic E-state index is 12.6. The van der Waals surface area contributed by atoms with Gasteiger partial charge in [0.25, 0.3) is 5.91 Å². The van der Waals surface area contributed by atoms with Crippen molar-refractivity contribution >= 4 is 5.91 Å². The Morgan fingerprint density at radius 2 is 1.96 bits per heavy atom. The molecule has 132 valence electrons. The van der Waals surface area contributed by atoms with Crippen LogP contribution in [-0.2, 0) is 0 Å². The van der Waals surface area contributed by atoms with Crippen LogP contribution in [0.2, 0.25) is 0 Å². The molecule has 0 aromatic carbocycles. The molecule has 1 atom stereocenters. The first-order valence-corrected chi connectivity index (χ1v) is 9.66. The van der Waals surface area contributed by atoms with Crippen molar-refractivity contribution < 1.29 is 9.21 Å². The number of carbonyl (C=O) groups excluding carboxylic acids is 1. The Kier molecular flexibility index (Phi) is 4.37. The molecule has 5 rings (SSSR count). The number of amides is 1. The zero-order valence-corrected chi connectivity index (χ0v) is 14.5. The van der Waals surface area contributed by atoms with Gasteiger partial charge in [0.05, 0.1) is 6.04 Å². The molecule has 4 aliphatic carbocycles. The molecule has 4 fully saturated rings. The Hall–Kier alpha value is -1.36. The largest absolute Gasteiger partial charge is 0.446 e. The second-order valence-electron chi connectivity index (χ2n) is 8.25. The summed E-state index contributed by atoms with van der Waals surface area (Å²) in [6.07, 6.45) is 11.0. The molecule has 1 aromatic heterocycles. The molecule has 0 spiro atoms. The number of hydrogen-bond acceptors (Lipinski definition) is 4. The van der Waals surface area contributed by atoms with E-state index in [1.165, 1.54) is 38.4 Å². The van der Waals surface area contributed by atoms with Crippen LogP contribution in [0.1, 0.15) is 80.7 Å². The Balaban J connectivity index is 1.39. The van der Waals surface area contributed by atoms with E-state index in [0.717, 1.165) is 31.1 Å². The van der Waals surface area contributed by atoms with E-state index in [4.69, 9.17) is 10.2 Å². The van der Waals surface area contributed by atoms with Crippen LogP contribution in [0.5, 0.6) is 0 Å². The lowest BCUT2D eigenvalue weighted by atomic mass is 9.54. The van der Waals surface area contributed by atoms with Crippen LogP contribution in [0.4, 0.5) is 0 Å². The van der Waals surface area contributed by atoms with Gasteiger partial charge in [-0.3, -0.25) is 4.79 Å². The molecule has 1 amide bonds. The van der Waals surface area contributed by atoms with Crippen molar-refractivity contribution in [3.63, 3.8) is 0 Å². The molecule has 24 heavy (non-hydrogen) atoms. The molecule has 1 unspecified atom stereocenters. The number of rotatable bonds is 6. The molecule has 4 saturated carbocycles. The van der Waals surface area contributed by atoms with Gasteiger partial charge in [-0.25, -0.2) is 4.98 Å². The van der Waals surface area contributed by atoms with E-state index in [9.17, 15) is 4.79 Å². The lowest BCUT2D eigenvalue weighted by molar-refractivity contribution is -0.0120. The second-order valence-corrected chi connectivity index (χ2v) is 8.25. The molecule has 4 aliphatic rings. The number of hydrogen-bond donors (Lipinski definition) is 2. The van der Waals surface area contributed by atoms with Crippen LogP contribution >= 0.6 is 0 Å². The van der Waals surface area contributed by atoms with Crippen LogP contribution in [0.25, 0.3) is 0 Å². The normalized spacial score (nSPS) is 35.2. The molecule has 0 saturated heterocycles. The first kappa shape index (κ1) is 16.1. The highest BCUT2D eigenvalue weighted by Crippen LogP contribution is 2.53. The standard InChI is InChI=1S/C19H29N3O2/c1-2-3-4-15(20)19-21-16(10-24-19)18(23)22-17-13-6-11-5-12(8-13)9-14(17)7-11/h10-15,17H,2-9,20H2,1H3,(H,22,23). The van der Waals surface area contributed by atoms with Gasteiger partial charge in [0.15, 0.2) is 5.69 Å². The number of nitrogens with one attached hydrogen (secondary N) is 1. The van der Waals surface area contributed by atoms with Crippen LogP contribution in [0.3, 0.4) is 0 Å². The third-order valence-electron chi connectivity index (χ3n) is 6.46. The monoisotopic (exact) mass is 331 g/mol. The zero-order valence-electron chi connectivity index (χ0n) is 14.5. The van der Waals surface area contributed by atoms with Crippen molar-refractivity contribution in [3.8, 4) is 0 Å². The Bertz CT molecular complexity index is 569. The molecular weight excluding hydrogens is 302 g/mol. The molecule has 0 radical (unpaired) electrons. The summed E-state index contributed by atoms with van der Waals surface area (Å²) in [5.41, 5.74) is 6.47. The Labute approximate surface area is 143 Å². The molecule has 5 heteroatoms. The highest BCUT2D eigenvalue weighted by atomic mass is 16.3. The van der Waals surface area contributed by atoms with E-state index in [1.54, 1.807) is 0 Å². The quantitative estimate of drug-likeness (QED) is 0.837. The first-order chi connectivity index (χ1) is 11.6. The van der Waals surface area contributed by atoms with E-state index >= 15 is 0 Å². The lowest BCUT2D eigenvalue weighted by Crippen LogP contribution is -2.55. The van der Waals surface area contributed by atoms with Gasteiger partial charge in [-0.05, 0) is 62.2 Å². The minimum atomic E-state index is -0.215. The van der Waals surface area contributed by atoms with Crippen molar-refractivity contribution in [2.24, 2.45) is 29.4 Å². The molecule has 1 aromatic rings. The predicted octanol–water partition coefficient (Wildman–Crippen LogP) is 3.42. The minimum Gasteiger partial charge on any atom is -0.446 e. The van der Waals surface area contributed by atoms with Gasteiger partial charge in [-0.2, -0.15) is 0 Å². The second kappa shape index (κ2) is 6.51. The lowest BCUT2D eigenvalue weighted by Gasteiger charge is -2.54. The van der Waals surface area contributed by atoms with Crippen LogP contribution in [0.15, 0.2) is 10.7 Å². The third kappa shape index (κ3) is 2.99. The summed E-state index contributed by atoms with van der Waals surface area (Å²) < 4.78 is 5.45. The van der Waals surface area contributed by atoms with Gasteiger partial charge in [0.2, 0.25) is 5.89 Å². The number of unbranched alkanes of at least 4 members (excludes halogenated alkanes) is 1. The highest BCUT2D eigenvalue weighted by Gasteiger charge is 2.48. The highest BCUT2D eigenvalue weighted by molar-refractivity contribution is 5.92. The maximum absolute atomic E-state index is 12.6. The van der Waals surface area contributed by atoms with E-state index in [1.807, 2.05) is 0 Å². The maximum Gasteiger partial charge on any atom is 0.273 e. The fourth-order valence-electron chi connectivity index (χ4n) is 5.50. The van der Waals surface area contributed by atoms with Crippen molar-refractivity contribution in [2.45, 2.75) is 70.4 Å². The number of oxazole rings is 1. The summed E-state index contributed by atoms with van der Waals surface area (Å²) in [6, 6.07) is 0.117. The SMILES string of the molecule is CCCCC(N)c1nc(C(=O)NC2C3CC4CC(C3)CC2C4)co1. The van der Waals surface area contributed by atoms with Crippen molar-refractivity contribution in [1.29, 1.82) is 0 Å². The van der Waals surface area contributed by atoms with Crippen LogP contribution in [-0.4, -0.2) is 16.9 Å². The first-order valence-electron chi connectivity index (χ1n) is 9.66. The average molecular weight is 331 g/mol. The van der Waals surface area contributed by atoms with Crippen LogP contribution in [0, 0.1) is 23.7 Å². The molecule has 3 N–H and O–H groups in total. The fourth-order valence-corrected chi connectivity index (χ4v) is 5.50. The molecule has 0 aliphatic heterocycles. The summed E-state index contributed by atoms with van der Waals surface area (Å²) >= 11 is 0. The Morgan fingerprint density at radius 1 is 1.29 bits per heavy atom. The predicted molar refractivity (Wildman–Crippen MR) is 91.3 cm³/mol. The average Bonchev–Trinajstić information content (AvgIpc) is 3.05. The summed E-state index contributed by atoms with van der Waals surface area (Å²) in [5.74, 6) is 3.56. The molecular formula is C19H29N3O2. The minimum absolute atomic E-state index is 0.0924. The number of aromatic nitrogens is 1. The summed E-state index contributed by atoms with van der Waals surface area (Å²) in [6.45, 7) is 2.13. The summed E-state index contributed by atoms with van der Waals surface area (Å²) in [5, 5.41) is 3.27. The van der Waals surface area contributed by atoms with E-state index in [0.29, 0.717) is 29.5 Å². The summed E-state index contributed by atoms with van der Waals surface area (Å²) in [4.78, 5) is 17.0. The number of nitrogens with zero attached hydrogens (tertiary/aromatic N) is 1. The van der Waals surface area contributed by atoms with Gasteiger partial charge in [-0.15, -0.1) is 0 Å². The van der Waals surface area contributed by atoms with Gasteiger partial charge in [-0.1, -0.05) is 19.8 Å². The Morgan fingerprint density at radius 3 is 2.58 bits per heavy atom. The summed E-state index contributed by atoms with van der Waals surface area (Å²) in [7, 11) is 0. The molecule has 4 bridgehead atoms. The zero-order chi connectivity index (χ0) is 16.7. The van der Waals surface area contributed by atoms with Gasteiger partial charge in [0.1, 0.15) is 6.26 Å². The molecule has 1 heterocycles. The fraction of sp³-hybridized carbons (Fsp3) is 0.789. The van der Waals surface area contributed by atoms with E-state index in [-0.39, 0.29) is 11.9 Å². The number of nitrogens with two attached hydrogens (primary N) is 1. The van der Waals surface area contributed by atoms with Gasteiger partial charge < -0.3 is 15.5 Å². The third-order valence-corrected chi connectivity index (χ3v) is 6.46. The smallest absolute Gasteiger partial charge is 0.273 e.